The van der Waals surface area contributed by atoms with E-state index in [2.05, 4.69) is 16.0 Å². The number of nitrogens with one attached hydrogen (secondary N) is 3. The first kappa shape index (κ1) is 18.7. The maximum Gasteiger partial charge on any atom is 0.196 e. The lowest BCUT2D eigenvalue weighted by Gasteiger charge is -2.24. The number of anilines is 4. The number of fused-ring (bicyclic) bond motifs is 2. The number of carbonyl (C=O) groups excluding carboxylic acids is 2. The molecule has 3 N–H and O–H groups in total. The van der Waals surface area contributed by atoms with Crippen molar-refractivity contribution in [2.45, 2.75) is 19.9 Å². The summed E-state index contributed by atoms with van der Waals surface area (Å²) >= 11 is 0. The van der Waals surface area contributed by atoms with Crippen molar-refractivity contribution in [2.75, 3.05) is 23.0 Å². The van der Waals surface area contributed by atoms with Crippen LogP contribution in [0, 0.1) is 0 Å². The lowest BCUT2D eigenvalue weighted by molar-refractivity contribution is 0.0980. The lowest BCUT2D eigenvalue weighted by atomic mass is 9.82. The van der Waals surface area contributed by atoms with E-state index in [1.807, 2.05) is 57.3 Å². The van der Waals surface area contributed by atoms with E-state index in [9.17, 15) is 9.59 Å². The van der Waals surface area contributed by atoms with E-state index < -0.39 is 0 Å². The molecule has 0 heterocycles. The van der Waals surface area contributed by atoms with Gasteiger partial charge < -0.3 is 16.0 Å². The Kier molecular flexibility index (Phi) is 4.80. The van der Waals surface area contributed by atoms with Crippen LogP contribution in [0.25, 0.3) is 0 Å². The Labute approximate surface area is 170 Å². The van der Waals surface area contributed by atoms with Crippen molar-refractivity contribution in [1.29, 1.82) is 0 Å². The van der Waals surface area contributed by atoms with E-state index in [0.29, 0.717) is 33.6 Å². The maximum atomic E-state index is 13.4. The number of hydrogen-bond acceptors (Lipinski definition) is 5. The number of rotatable bonds is 5. The van der Waals surface area contributed by atoms with Crippen LogP contribution in [0.15, 0.2) is 60.7 Å². The Morgan fingerprint density at radius 2 is 1.21 bits per heavy atom. The smallest absolute Gasteiger partial charge is 0.196 e. The molecular weight excluding hydrogens is 362 g/mol. The maximum absolute atomic E-state index is 13.4. The van der Waals surface area contributed by atoms with Crippen molar-refractivity contribution in [3.63, 3.8) is 0 Å². The zero-order valence-corrected chi connectivity index (χ0v) is 16.7. The molecule has 0 radical (unpaired) electrons. The van der Waals surface area contributed by atoms with Crippen LogP contribution in [0.5, 0.6) is 0 Å². The molecule has 1 aliphatic rings. The second-order valence-electron chi connectivity index (χ2n) is 7.37. The molecule has 4 rings (SSSR count). The standard InChI is InChI=1S/C24H23N3O2/c1-14(2)26-19-12-13-20(27-16-10-8-15(25-3)9-11-16)22-21(19)23(28)17-6-4-5-7-18(17)24(22)29/h4-14,25-27H,1-3H3. The zero-order chi connectivity index (χ0) is 20.5. The third-order valence-corrected chi connectivity index (χ3v) is 4.97. The first-order chi connectivity index (χ1) is 14.0. The van der Waals surface area contributed by atoms with Gasteiger partial charge in [0.05, 0.1) is 16.8 Å². The van der Waals surface area contributed by atoms with Crippen molar-refractivity contribution in [3.05, 3.63) is 82.9 Å². The summed E-state index contributed by atoms with van der Waals surface area (Å²) in [7, 11) is 1.86. The van der Waals surface area contributed by atoms with Gasteiger partial charge in [-0.1, -0.05) is 24.3 Å². The van der Waals surface area contributed by atoms with Crippen molar-refractivity contribution in [2.24, 2.45) is 0 Å². The molecule has 0 unspecified atom stereocenters. The average Bonchev–Trinajstić information content (AvgIpc) is 2.73. The number of ketones is 2. The Hall–Kier alpha value is -3.60. The normalized spacial score (nSPS) is 12.4. The van der Waals surface area contributed by atoms with Crippen LogP contribution >= 0.6 is 0 Å². The van der Waals surface area contributed by atoms with Gasteiger partial charge in [-0.3, -0.25) is 9.59 Å². The quantitative estimate of drug-likeness (QED) is 0.448. The SMILES string of the molecule is CNc1ccc(Nc2ccc(NC(C)C)c3c2C(=O)c2ccccc2C3=O)cc1. The molecule has 146 valence electrons. The van der Waals surface area contributed by atoms with Gasteiger partial charge in [0, 0.05) is 41.3 Å². The summed E-state index contributed by atoms with van der Waals surface area (Å²) in [5.41, 5.74) is 4.88. The highest BCUT2D eigenvalue weighted by atomic mass is 16.1. The van der Waals surface area contributed by atoms with E-state index in [1.165, 1.54) is 0 Å². The van der Waals surface area contributed by atoms with Crippen molar-refractivity contribution >= 4 is 34.3 Å². The zero-order valence-electron chi connectivity index (χ0n) is 16.7. The summed E-state index contributed by atoms with van der Waals surface area (Å²) < 4.78 is 0. The van der Waals surface area contributed by atoms with Gasteiger partial charge in [0.15, 0.2) is 11.6 Å². The fourth-order valence-electron chi connectivity index (χ4n) is 3.63. The molecule has 0 amide bonds. The van der Waals surface area contributed by atoms with Crippen LogP contribution < -0.4 is 16.0 Å². The van der Waals surface area contributed by atoms with Crippen molar-refractivity contribution in [1.82, 2.24) is 0 Å². The molecule has 3 aromatic rings. The van der Waals surface area contributed by atoms with E-state index in [0.717, 1.165) is 11.4 Å². The van der Waals surface area contributed by atoms with E-state index >= 15 is 0 Å². The Morgan fingerprint density at radius 1 is 0.690 bits per heavy atom. The van der Waals surface area contributed by atoms with Gasteiger partial charge in [-0.25, -0.2) is 0 Å². The largest absolute Gasteiger partial charge is 0.388 e. The summed E-state index contributed by atoms with van der Waals surface area (Å²) in [6.45, 7) is 4.01. The van der Waals surface area contributed by atoms with Crippen LogP contribution in [0.4, 0.5) is 22.7 Å². The van der Waals surface area contributed by atoms with Crippen LogP contribution in [0.3, 0.4) is 0 Å². The monoisotopic (exact) mass is 385 g/mol. The molecule has 5 heteroatoms. The lowest BCUT2D eigenvalue weighted by Crippen LogP contribution is -2.25. The molecule has 0 aromatic heterocycles. The Bertz CT molecular complexity index is 1100. The highest BCUT2D eigenvalue weighted by Gasteiger charge is 2.34. The van der Waals surface area contributed by atoms with Crippen LogP contribution in [0.2, 0.25) is 0 Å². The molecule has 0 saturated carbocycles. The number of hydrogen-bond donors (Lipinski definition) is 3. The van der Waals surface area contributed by atoms with Crippen LogP contribution in [-0.4, -0.2) is 24.7 Å². The highest BCUT2D eigenvalue weighted by molar-refractivity contribution is 6.32. The van der Waals surface area contributed by atoms with Crippen molar-refractivity contribution in [3.8, 4) is 0 Å². The number of carbonyl (C=O) groups is 2. The molecule has 0 bridgehead atoms. The minimum Gasteiger partial charge on any atom is -0.388 e. The van der Waals surface area contributed by atoms with Gasteiger partial charge in [-0.05, 0) is 50.2 Å². The first-order valence-electron chi connectivity index (χ1n) is 9.66. The van der Waals surface area contributed by atoms with Gasteiger partial charge >= 0.3 is 0 Å². The van der Waals surface area contributed by atoms with Gasteiger partial charge in [-0.15, -0.1) is 0 Å². The fraction of sp³-hybridized carbons (Fsp3) is 0.167. The van der Waals surface area contributed by atoms with Crippen molar-refractivity contribution < 1.29 is 9.59 Å². The van der Waals surface area contributed by atoms with Crippen LogP contribution in [-0.2, 0) is 0 Å². The molecule has 29 heavy (non-hydrogen) atoms. The molecule has 1 aliphatic carbocycles. The summed E-state index contributed by atoms with van der Waals surface area (Å²) in [6, 6.07) is 18.6. The average molecular weight is 385 g/mol. The molecule has 5 nitrogen and oxygen atoms in total. The Balaban J connectivity index is 1.86. The number of benzene rings is 3. The second-order valence-corrected chi connectivity index (χ2v) is 7.37. The predicted molar refractivity (Wildman–Crippen MR) is 118 cm³/mol. The second kappa shape index (κ2) is 7.43. The van der Waals surface area contributed by atoms with Gasteiger partial charge in [-0.2, -0.15) is 0 Å². The minimum absolute atomic E-state index is 0.132. The summed E-state index contributed by atoms with van der Waals surface area (Å²) in [5.74, 6) is -0.274. The summed E-state index contributed by atoms with van der Waals surface area (Å²) in [5, 5.41) is 9.71. The molecule has 0 saturated heterocycles. The molecular formula is C24H23N3O2. The van der Waals surface area contributed by atoms with Gasteiger partial charge in [0.25, 0.3) is 0 Å². The van der Waals surface area contributed by atoms with Gasteiger partial charge in [0.1, 0.15) is 0 Å². The molecule has 3 aromatic carbocycles. The Morgan fingerprint density at radius 3 is 1.76 bits per heavy atom. The minimum atomic E-state index is -0.142. The summed E-state index contributed by atoms with van der Waals surface area (Å²) in [6.07, 6.45) is 0. The van der Waals surface area contributed by atoms with Crippen LogP contribution in [0.1, 0.15) is 45.7 Å². The molecule has 0 spiro atoms. The van der Waals surface area contributed by atoms with E-state index in [1.54, 1.807) is 24.3 Å². The highest BCUT2D eigenvalue weighted by Crippen LogP contribution is 2.37. The van der Waals surface area contributed by atoms with E-state index in [-0.39, 0.29) is 17.6 Å². The topological polar surface area (TPSA) is 70.2 Å². The molecule has 0 atom stereocenters. The van der Waals surface area contributed by atoms with Gasteiger partial charge in [0.2, 0.25) is 0 Å². The third-order valence-electron chi connectivity index (χ3n) is 4.97. The van der Waals surface area contributed by atoms with E-state index in [4.69, 9.17) is 0 Å². The predicted octanol–water partition coefficient (Wildman–Crippen LogP) is 5.07. The first-order valence-corrected chi connectivity index (χ1v) is 9.66. The third kappa shape index (κ3) is 3.36. The summed E-state index contributed by atoms with van der Waals surface area (Å²) in [4.78, 5) is 26.7. The fourth-order valence-corrected chi connectivity index (χ4v) is 3.63. The molecule has 0 aliphatic heterocycles. The molecule has 0 fully saturated rings.